The van der Waals surface area contributed by atoms with E-state index < -0.39 is 6.04 Å². The first kappa shape index (κ1) is 17.1. The summed E-state index contributed by atoms with van der Waals surface area (Å²) < 4.78 is 5.01. The Hall–Kier alpha value is -1.70. The second kappa shape index (κ2) is 7.92. The highest BCUT2D eigenvalue weighted by Gasteiger charge is 2.31. The van der Waals surface area contributed by atoms with Gasteiger partial charge >= 0.3 is 5.97 Å². The summed E-state index contributed by atoms with van der Waals surface area (Å²) >= 11 is 3.04. The zero-order valence-electron chi connectivity index (χ0n) is 13.5. The molecule has 0 saturated carbocycles. The Labute approximate surface area is 149 Å². The van der Waals surface area contributed by atoms with Crippen LogP contribution in [0.1, 0.15) is 27.7 Å². The Kier molecular flexibility index (Phi) is 5.65. The summed E-state index contributed by atoms with van der Waals surface area (Å²) in [6.07, 6.45) is 0.842. The molecule has 0 radical (unpaired) electrons. The fourth-order valence-electron chi connectivity index (χ4n) is 2.99. The van der Waals surface area contributed by atoms with Gasteiger partial charge in [0.1, 0.15) is 6.04 Å². The second-order valence-corrected chi connectivity index (χ2v) is 7.37. The van der Waals surface area contributed by atoms with Gasteiger partial charge < -0.3 is 9.64 Å². The number of nitrogens with zero attached hydrogens (tertiary/aromatic N) is 2. The molecule has 0 bridgehead atoms. The molecule has 0 N–H and O–H groups in total. The van der Waals surface area contributed by atoms with Crippen molar-refractivity contribution >= 4 is 34.6 Å². The van der Waals surface area contributed by atoms with Crippen LogP contribution in [0.4, 0.5) is 0 Å². The molecule has 3 heterocycles. The van der Waals surface area contributed by atoms with Gasteiger partial charge in [0, 0.05) is 26.2 Å². The Bertz CT molecular complexity index is 670. The first-order valence-electron chi connectivity index (χ1n) is 7.87. The zero-order valence-corrected chi connectivity index (χ0v) is 15.1. The van der Waals surface area contributed by atoms with Gasteiger partial charge in [-0.15, -0.1) is 11.3 Å². The summed E-state index contributed by atoms with van der Waals surface area (Å²) in [5.41, 5.74) is 0.963. The number of hydrogen-bond acceptors (Lipinski definition) is 6. The molecule has 1 aliphatic rings. The van der Waals surface area contributed by atoms with Gasteiger partial charge in [0.15, 0.2) is 0 Å². The van der Waals surface area contributed by atoms with Crippen LogP contribution in [0.3, 0.4) is 0 Å². The molecule has 0 aliphatic carbocycles. The molecule has 1 aliphatic heterocycles. The van der Waals surface area contributed by atoms with Crippen LogP contribution < -0.4 is 0 Å². The molecule has 3 rings (SSSR count). The Balaban J connectivity index is 1.72. The predicted molar refractivity (Wildman–Crippen MR) is 95.5 cm³/mol. The molecule has 1 unspecified atom stereocenters. The first-order chi connectivity index (χ1) is 11.7. The molecule has 0 aromatic carbocycles. The van der Waals surface area contributed by atoms with E-state index in [1.807, 2.05) is 39.2 Å². The van der Waals surface area contributed by atoms with Crippen molar-refractivity contribution < 1.29 is 14.3 Å². The lowest BCUT2D eigenvalue weighted by molar-refractivity contribution is -0.147. The van der Waals surface area contributed by atoms with E-state index in [0.717, 1.165) is 23.4 Å². The van der Waals surface area contributed by atoms with Crippen LogP contribution in [0.2, 0.25) is 0 Å². The standard InChI is InChI=1S/C17H20N2O3S2/c1-22-17(21)15(13-5-11-23-12-13)18-6-3-7-19(9-8-18)16(20)14-4-2-10-24-14/h2,4-5,10-12,15H,3,6-9H2,1H3. The molecule has 5 nitrogen and oxygen atoms in total. The summed E-state index contributed by atoms with van der Waals surface area (Å²) in [5.74, 6) is -0.163. The summed E-state index contributed by atoms with van der Waals surface area (Å²) in [6.45, 7) is 2.76. The Morgan fingerprint density at radius 2 is 2.04 bits per heavy atom. The van der Waals surface area contributed by atoms with Gasteiger partial charge in [-0.05, 0) is 40.3 Å². The third-order valence-electron chi connectivity index (χ3n) is 4.20. The smallest absolute Gasteiger partial charge is 0.327 e. The van der Waals surface area contributed by atoms with Crippen LogP contribution in [0.5, 0.6) is 0 Å². The van der Waals surface area contributed by atoms with Crippen molar-refractivity contribution in [2.75, 3.05) is 33.3 Å². The van der Waals surface area contributed by atoms with Crippen molar-refractivity contribution in [2.24, 2.45) is 0 Å². The highest BCUT2D eigenvalue weighted by Crippen LogP contribution is 2.26. The lowest BCUT2D eigenvalue weighted by Crippen LogP contribution is -2.38. The fourth-order valence-corrected chi connectivity index (χ4v) is 4.36. The van der Waals surface area contributed by atoms with Gasteiger partial charge in [0.05, 0.1) is 12.0 Å². The molecule has 7 heteroatoms. The monoisotopic (exact) mass is 364 g/mol. The van der Waals surface area contributed by atoms with Crippen LogP contribution in [-0.2, 0) is 9.53 Å². The highest BCUT2D eigenvalue weighted by atomic mass is 32.1. The molecule has 0 spiro atoms. The molecule has 2 aromatic rings. The van der Waals surface area contributed by atoms with Gasteiger partial charge in [-0.25, -0.2) is 4.79 Å². The van der Waals surface area contributed by atoms with Crippen LogP contribution in [-0.4, -0.2) is 55.0 Å². The first-order valence-corrected chi connectivity index (χ1v) is 9.69. The number of carbonyl (C=O) groups excluding carboxylic acids is 2. The average Bonchev–Trinajstić information content (AvgIpc) is 3.26. The molecule has 1 fully saturated rings. The van der Waals surface area contributed by atoms with Crippen molar-refractivity contribution in [1.82, 2.24) is 9.80 Å². The van der Waals surface area contributed by atoms with E-state index in [2.05, 4.69) is 4.90 Å². The SMILES string of the molecule is COC(=O)C(c1ccsc1)N1CCCN(C(=O)c2cccs2)CC1. The van der Waals surface area contributed by atoms with E-state index in [1.54, 1.807) is 11.3 Å². The summed E-state index contributed by atoms with van der Waals surface area (Å²) in [7, 11) is 1.42. The topological polar surface area (TPSA) is 49.9 Å². The number of rotatable bonds is 4. The zero-order chi connectivity index (χ0) is 16.9. The molecule has 128 valence electrons. The molecule has 1 saturated heterocycles. The summed E-state index contributed by atoms with van der Waals surface area (Å²) in [4.78, 5) is 29.6. The number of methoxy groups -OCH3 is 1. The number of esters is 1. The normalized spacial score (nSPS) is 17.3. The second-order valence-electron chi connectivity index (χ2n) is 5.64. The largest absolute Gasteiger partial charge is 0.468 e. The van der Waals surface area contributed by atoms with E-state index in [4.69, 9.17) is 4.74 Å². The quantitative estimate of drug-likeness (QED) is 0.783. The van der Waals surface area contributed by atoms with Crippen LogP contribution >= 0.6 is 22.7 Å². The fraction of sp³-hybridized carbons (Fsp3) is 0.412. The van der Waals surface area contributed by atoms with Gasteiger partial charge in [-0.3, -0.25) is 9.69 Å². The number of amides is 1. The molecule has 24 heavy (non-hydrogen) atoms. The van der Waals surface area contributed by atoms with Crippen molar-refractivity contribution in [3.8, 4) is 0 Å². The minimum absolute atomic E-state index is 0.0806. The number of thiophene rings is 2. The minimum atomic E-state index is -0.391. The predicted octanol–water partition coefficient (Wildman–Crippen LogP) is 2.87. The van der Waals surface area contributed by atoms with Crippen LogP contribution in [0.25, 0.3) is 0 Å². The van der Waals surface area contributed by atoms with E-state index >= 15 is 0 Å². The molecule has 2 aromatic heterocycles. The maximum atomic E-state index is 12.5. The van der Waals surface area contributed by atoms with Crippen molar-refractivity contribution in [1.29, 1.82) is 0 Å². The Morgan fingerprint density at radius 3 is 2.71 bits per heavy atom. The van der Waals surface area contributed by atoms with Crippen molar-refractivity contribution in [3.05, 3.63) is 44.8 Å². The molecular weight excluding hydrogens is 344 g/mol. The number of ether oxygens (including phenoxy) is 1. The third kappa shape index (κ3) is 3.68. The third-order valence-corrected chi connectivity index (χ3v) is 5.76. The van der Waals surface area contributed by atoms with Gasteiger partial charge in [-0.2, -0.15) is 11.3 Å². The van der Waals surface area contributed by atoms with Crippen molar-refractivity contribution in [3.63, 3.8) is 0 Å². The van der Waals surface area contributed by atoms with Gasteiger partial charge in [-0.1, -0.05) is 6.07 Å². The maximum Gasteiger partial charge on any atom is 0.327 e. The maximum absolute atomic E-state index is 12.5. The minimum Gasteiger partial charge on any atom is -0.468 e. The van der Waals surface area contributed by atoms with Gasteiger partial charge in [0.2, 0.25) is 0 Å². The van der Waals surface area contributed by atoms with E-state index in [-0.39, 0.29) is 11.9 Å². The molecular formula is C17H20N2O3S2. The Morgan fingerprint density at radius 1 is 1.17 bits per heavy atom. The van der Waals surface area contributed by atoms with Crippen LogP contribution in [0.15, 0.2) is 34.3 Å². The van der Waals surface area contributed by atoms with E-state index in [9.17, 15) is 9.59 Å². The number of carbonyl (C=O) groups is 2. The average molecular weight is 364 g/mol. The lowest BCUT2D eigenvalue weighted by atomic mass is 10.1. The summed E-state index contributed by atoms with van der Waals surface area (Å²) in [5, 5.41) is 5.87. The van der Waals surface area contributed by atoms with E-state index in [1.165, 1.54) is 18.4 Å². The summed E-state index contributed by atoms with van der Waals surface area (Å²) in [6, 6.07) is 5.33. The van der Waals surface area contributed by atoms with E-state index in [0.29, 0.717) is 19.6 Å². The van der Waals surface area contributed by atoms with Crippen molar-refractivity contribution in [2.45, 2.75) is 12.5 Å². The van der Waals surface area contributed by atoms with Gasteiger partial charge in [0.25, 0.3) is 5.91 Å². The highest BCUT2D eigenvalue weighted by molar-refractivity contribution is 7.12. The lowest BCUT2D eigenvalue weighted by Gasteiger charge is -2.28. The molecule has 1 atom stereocenters. The molecule has 1 amide bonds. The number of hydrogen-bond donors (Lipinski definition) is 0. The van der Waals surface area contributed by atoms with Crippen LogP contribution in [0, 0.1) is 0 Å².